The molecular formula is C21H19N3O5. The molecule has 0 aromatic heterocycles. The summed E-state index contributed by atoms with van der Waals surface area (Å²) < 4.78 is 5.44. The summed E-state index contributed by atoms with van der Waals surface area (Å²) in [4.78, 5) is 36.2. The third-order valence-electron chi connectivity index (χ3n) is 4.13. The molecule has 0 fully saturated rings. The molecule has 8 nitrogen and oxygen atoms in total. The summed E-state index contributed by atoms with van der Waals surface area (Å²) in [5.74, 6) is 0.00474. The van der Waals surface area contributed by atoms with E-state index in [0.717, 1.165) is 5.57 Å². The minimum Gasteiger partial charge on any atom is -0.482 e. The molecule has 2 aromatic rings. The first kappa shape index (κ1) is 19.8. The number of fused-ring (bicyclic) bond motifs is 1. The minimum atomic E-state index is -0.484. The number of rotatable bonds is 6. The van der Waals surface area contributed by atoms with Gasteiger partial charge in [0, 0.05) is 30.4 Å². The van der Waals surface area contributed by atoms with E-state index in [9.17, 15) is 19.7 Å². The average Bonchev–Trinajstić information content (AvgIpc) is 2.69. The van der Waals surface area contributed by atoms with Gasteiger partial charge in [-0.15, -0.1) is 0 Å². The Bertz CT molecular complexity index is 1010. The summed E-state index contributed by atoms with van der Waals surface area (Å²) >= 11 is 0. The van der Waals surface area contributed by atoms with Crippen LogP contribution in [0.25, 0.3) is 6.08 Å². The molecule has 1 aliphatic heterocycles. The van der Waals surface area contributed by atoms with Gasteiger partial charge in [0.05, 0.1) is 10.6 Å². The Morgan fingerprint density at radius 1 is 1.31 bits per heavy atom. The summed E-state index contributed by atoms with van der Waals surface area (Å²) in [6, 6.07) is 10.9. The molecule has 0 atom stereocenters. The number of ether oxygens (including phenoxy) is 1. The average molecular weight is 393 g/mol. The fourth-order valence-electron chi connectivity index (χ4n) is 2.79. The van der Waals surface area contributed by atoms with Gasteiger partial charge in [-0.25, -0.2) is 0 Å². The second kappa shape index (κ2) is 8.39. The van der Waals surface area contributed by atoms with Gasteiger partial charge in [0.1, 0.15) is 5.75 Å². The number of carbonyl (C=O) groups excluding carboxylic acids is 2. The second-order valence-electron chi connectivity index (χ2n) is 6.58. The molecule has 29 heavy (non-hydrogen) atoms. The summed E-state index contributed by atoms with van der Waals surface area (Å²) in [5, 5.41) is 13.4. The van der Waals surface area contributed by atoms with Gasteiger partial charge in [-0.2, -0.15) is 0 Å². The summed E-state index contributed by atoms with van der Waals surface area (Å²) in [7, 11) is 0. The van der Waals surface area contributed by atoms with Crippen LogP contribution in [-0.4, -0.2) is 29.9 Å². The monoisotopic (exact) mass is 393 g/mol. The van der Waals surface area contributed by atoms with Gasteiger partial charge >= 0.3 is 0 Å². The van der Waals surface area contributed by atoms with E-state index in [0.29, 0.717) is 29.2 Å². The van der Waals surface area contributed by atoms with Crippen LogP contribution in [0.1, 0.15) is 12.5 Å². The molecule has 0 unspecified atom stereocenters. The molecule has 3 rings (SSSR count). The zero-order valence-corrected chi connectivity index (χ0v) is 15.8. The lowest BCUT2D eigenvalue weighted by Crippen LogP contribution is -2.39. The van der Waals surface area contributed by atoms with Crippen molar-refractivity contribution in [1.82, 2.24) is 0 Å². The Morgan fingerprint density at radius 3 is 2.69 bits per heavy atom. The Kier molecular flexibility index (Phi) is 5.73. The van der Waals surface area contributed by atoms with Crippen LogP contribution in [-0.2, 0) is 9.59 Å². The van der Waals surface area contributed by atoms with Gasteiger partial charge in [0.15, 0.2) is 6.61 Å². The Balaban J connectivity index is 1.72. The smallest absolute Gasteiger partial charge is 0.269 e. The first-order valence-electron chi connectivity index (χ1n) is 8.78. The van der Waals surface area contributed by atoms with Gasteiger partial charge in [0.2, 0.25) is 5.91 Å². The zero-order chi connectivity index (χ0) is 21.0. The molecule has 8 heteroatoms. The predicted octanol–water partition coefficient (Wildman–Crippen LogP) is 3.55. The number of hydrogen-bond acceptors (Lipinski definition) is 5. The molecule has 1 N–H and O–H groups in total. The highest BCUT2D eigenvalue weighted by molar-refractivity contribution is 6.03. The molecule has 1 aliphatic rings. The fourth-order valence-corrected chi connectivity index (χ4v) is 2.79. The number of amides is 2. The molecule has 2 amide bonds. The minimum absolute atomic E-state index is 0.0169. The van der Waals surface area contributed by atoms with Gasteiger partial charge in [-0.3, -0.25) is 19.7 Å². The normalized spacial score (nSPS) is 13.0. The van der Waals surface area contributed by atoms with Crippen LogP contribution in [0.3, 0.4) is 0 Å². The van der Waals surface area contributed by atoms with Crippen LogP contribution in [0, 0.1) is 10.1 Å². The molecule has 0 bridgehead atoms. The van der Waals surface area contributed by atoms with Crippen LogP contribution in [0.15, 0.2) is 60.7 Å². The van der Waals surface area contributed by atoms with E-state index in [1.54, 1.807) is 41.3 Å². The number of benzene rings is 2. The van der Waals surface area contributed by atoms with E-state index in [1.807, 2.05) is 6.92 Å². The molecule has 2 aromatic carbocycles. The fraction of sp³-hybridized carbons (Fsp3) is 0.143. The molecule has 0 saturated heterocycles. The van der Waals surface area contributed by atoms with Gasteiger partial charge in [0.25, 0.3) is 11.6 Å². The number of nitro groups is 1. The molecule has 0 aliphatic carbocycles. The number of nitrogens with zero attached hydrogens (tertiary/aromatic N) is 2. The molecule has 148 valence electrons. The van der Waals surface area contributed by atoms with Crippen LogP contribution >= 0.6 is 0 Å². The van der Waals surface area contributed by atoms with Crippen molar-refractivity contribution < 1.29 is 19.2 Å². The maximum Gasteiger partial charge on any atom is 0.269 e. The van der Waals surface area contributed by atoms with Crippen LogP contribution in [0.5, 0.6) is 5.75 Å². The summed E-state index contributed by atoms with van der Waals surface area (Å²) in [5.41, 5.74) is 2.54. The standard InChI is InChI=1S/C21H19N3O5/c1-14(2)12-23-18-11-16(6-9-19(18)29-13-21(23)26)22-20(25)10-5-15-3-7-17(8-4-15)24(27)28/h3-11H,1,12-13H2,2H3,(H,22,25)/b10-5+. The van der Waals surface area contributed by atoms with Gasteiger partial charge in [-0.1, -0.05) is 12.2 Å². The van der Waals surface area contributed by atoms with E-state index in [2.05, 4.69) is 11.9 Å². The van der Waals surface area contributed by atoms with Crippen LogP contribution < -0.4 is 15.0 Å². The molecule has 0 spiro atoms. The summed E-state index contributed by atoms with van der Waals surface area (Å²) in [6.45, 7) is 6.01. The van der Waals surface area contributed by atoms with Crippen LogP contribution in [0.4, 0.5) is 17.1 Å². The van der Waals surface area contributed by atoms with Crippen molar-refractivity contribution in [3.63, 3.8) is 0 Å². The van der Waals surface area contributed by atoms with Gasteiger partial charge in [-0.05, 0) is 48.9 Å². The first-order valence-corrected chi connectivity index (χ1v) is 8.78. The predicted molar refractivity (Wildman–Crippen MR) is 110 cm³/mol. The number of nitrogens with one attached hydrogen (secondary N) is 1. The maximum atomic E-state index is 12.2. The topological polar surface area (TPSA) is 102 Å². The lowest BCUT2D eigenvalue weighted by Gasteiger charge is -2.30. The third kappa shape index (κ3) is 4.86. The third-order valence-corrected chi connectivity index (χ3v) is 4.13. The SMILES string of the molecule is C=C(C)CN1C(=O)COc2ccc(NC(=O)/C=C/c3ccc([N+](=O)[O-])cc3)cc21. The van der Waals surface area contributed by atoms with E-state index < -0.39 is 4.92 Å². The first-order chi connectivity index (χ1) is 13.8. The highest BCUT2D eigenvalue weighted by atomic mass is 16.6. The quantitative estimate of drug-likeness (QED) is 0.350. The van der Waals surface area contributed by atoms with E-state index >= 15 is 0 Å². The van der Waals surface area contributed by atoms with Crippen molar-refractivity contribution in [1.29, 1.82) is 0 Å². The Morgan fingerprint density at radius 2 is 2.03 bits per heavy atom. The maximum absolute atomic E-state index is 12.2. The van der Waals surface area contributed by atoms with Crippen molar-refractivity contribution in [2.75, 3.05) is 23.4 Å². The van der Waals surface area contributed by atoms with Gasteiger partial charge < -0.3 is 15.0 Å². The van der Waals surface area contributed by atoms with Crippen molar-refractivity contribution in [3.05, 3.63) is 76.4 Å². The second-order valence-corrected chi connectivity index (χ2v) is 6.58. The number of non-ortho nitro benzene ring substituents is 1. The Hall–Kier alpha value is -3.94. The van der Waals surface area contributed by atoms with E-state index in [1.165, 1.54) is 18.2 Å². The van der Waals surface area contributed by atoms with E-state index in [-0.39, 0.29) is 24.1 Å². The van der Waals surface area contributed by atoms with Crippen molar-refractivity contribution in [2.45, 2.75) is 6.92 Å². The largest absolute Gasteiger partial charge is 0.482 e. The van der Waals surface area contributed by atoms with Crippen molar-refractivity contribution in [2.24, 2.45) is 0 Å². The molecule has 0 saturated carbocycles. The highest BCUT2D eigenvalue weighted by Crippen LogP contribution is 2.35. The lowest BCUT2D eigenvalue weighted by molar-refractivity contribution is -0.384. The highest BCUT2D eigenvalue weighted by Gasteiger charge is 2.25. The number of nitro benzene ring substituents is 1. The molecule has 0 radical (unpaired) electrons. The Labute approximate surface area is 167 Å². The number of carbonyl (C=O) groups is 2. The van der Waals surface area contributed by atoms with Crippen molar-refractivity contribution >= 4 is 35.0 Å². The molecular weight excluding hydrogens is 374 g/mol. The van der Waals surface area contributed by atoms with E-state index in [4.69, 9.17) is 4.74 Å². The number of anilines is 2. The molecule has 1 heterocycles. The van der Waals surface area contributed by atoms with Crippen molar-refractivity contribution in [3.8, 4) is 5.75 Å². The lowest BCUT2D eigenvalue weighted by atomic mass is 10.1. The number of hydrogen-bond donors (Lipinski definition) is 1. The summed E-state index contributed by atoms with van der Waals surface area (Å²) in [6.07, 6.45) is 2.88. The zero-order valence-electron chi connectivity index (χ0n) is 15.8. The van der Waals surface area contributed by atoms with Crippen LogP contribution in [0.2, 0.25) is 0 Å².